The monoisotopic (exact) mass is 984 g/mol. The average Bonchev–Trinajstić information content (AvgIpc) is 0.691. The van der Waals surface area contributed by atoms with Crippen molar-refractivity contribution in [1.29, 1.82) is 0 Å². The predicted molar refractivity (Wildman–Crippen MR) is 270 cm³/mol. The van der Waals surface area contributed by atoms with E-state index >= 15 is 0 Å². The summed E-state index contributed by atoms with van der Waals surface area (Å²) in [7, 11) is 0. The molecule has 0 radical (unpaired) electrons. The number of allylic oxidation sites excluding steroid dienone is 6. The molecule has 0 unspecified atom stereocenters. The molecule has 0 heterocycles. The van der Waals surface area contributed by atoms with Gasteiger partial charge in [-0.1, -0.05) is 210 Å². The van der Waals surface area contributed by atoms with Crippen molar-refractivity contribution in [2.75, 3.05) is 13.2 Å². The number of ether oxygens (including phenoxy) is 3. The maximum absolute atomic E-state index is 14.5. The summed E-state index contributed by atoms with van der Waals surface area (Å²) in [6.45, 7) is -18.7. The molecule has 0 amide bonds. The van der Waals surface area contributed by atoms with E-state index in [1.54, 1.807) is 0 Å². The van der Waals surface area contributed by atoms with Crippen molar-refractivity contribution in [2.24, 2.45) is 0 Å². The number of hydrogen-bond acceptors (Lipinski definition) is 6. The van der Waals surface area contributed by atoms with E-state index in [2.05, 4.69) is 14.2 Å². The van der Waals surface area contributed by atoms with Crippen molar-refractivity contribution in [2.45, 2.75) is 294 Å². The van der Waals surface area contributed by atoms with Crippen LogP contribution in [-0.4, -0.2) is 37.2 Å². The van der Waals surface area contributed by atoms with Crippen LogP contribution in [0.15, 0.2) is 36.3 Å². The normalized spacial score (nSPS) is 46.6. The summed E-state index contributed by atoms with van der Waals surface area (Å²) in [5.74, 6) is -10.4. The third-order valence-corrected chi connectivity index (χ3v) is 4.19. The Morgan fingerprint density at radius 1 is 0.365 bits per heavy atom. The predicted octanol–water partition coefficient (Wildman–Crippen LogP) is 18.1. The van der Waals surface area contributed by atoms with Crippen molar-refractivity contribution >= 4 is 17.9 Å². The summed E-state index contributed by atoms with van der Waals surface area (Å²) in [6.07, 6.45) is -228. The van der Waals surface area contributed by atoms with Gasteiger partial charge in [0.1, 0.15) is 13.2 Å². The summed E-state index contributed by atoms with van der Waals surface area (Å²) in [6, 6.07) is -17.8. The second kappa shape index (κ2) is 52.3. The van der Waals surface area contributed by atoms with E-state index in [1.165, 1.54) is 0 Å². The number of carbonyl (C=O) groups is 3. The van der Waals surface area contributed by atoms with Crippen LogP contribution in [-0.2, 0) is 28.6 Å². The SMILES string of the molecule is [2H]/C(=C(\[2H])C([2H])([2H])C([2H])([2H])C([2H])([2H])C([2H])([2H])C([2H])([2H])C([2H])([2H])C([2H])([2H])C([2H])([2H])[2H])C([2H])([2H])C([2H])([2H])C([2H])([2H])C([2H])([2H])C([2H])([2H])C([2H])([2H])C([2H])([2H])C(=O)OCC(COC(=O)C([2H])([2H])C([2H])([2H])C([2H])([2H])C([2H])([2H])C([2H])([2H])C([2H])([2H])C([2H])([2H])/C([2H])=C(/[2H])C([2H])([2H])C([2H])([2H])C([2H])([2H])C([2H])([2H])C([2H])([2H])C([2H])([2H])C([2H])([2H])C([2H])([2H])[2H])OC(=O)C([2H])([2H])C([2H])([2H])C([2H])([2H])C([2H])([2H])C([2H])([2H])C([2H])([2H])C([2H])([2H])/C([2H])=C(/[2H])C([2H])([2H])C([2H])([2H])C([2H])([2H])C([2H])([2H])C([2H])([2H])C([2H])([2H])C([2H])([2H])C([2H])([2H])[2H]. The van der Waals surface area contributed by atoms with Crippen LogP contribution < -0.4 is 0 Å². The first-order valence-electron chi connectivity index (χ1n) is 65.1. The van der Waals surface area contributed by atoms with Crippen LogP contribution in [0, 0.1) is 0 Å². The third kappa shape index (κ3) is 50.5. The topological polar surface area (TPSA) is 78.9 Å². The third-order valence-electron chi connectivity index (χ3n) is 4.19. The van der Waals surface area contributed by atoms with Crippen LogP contribution in [0.5, 0.6) is 0 Å². The Balaban J connectivity index is 9.60. The quantitative estimate of drug-likeness (QED) is 0.0343. The molecule has 0 fully saturated rings. The molecule has 0 aromatic carbocycles. The lowest BCUT2D eigenvalue weighted by molar-refractivity contribution is -0.167. The lowest BCUT2D eigenvalue weighted by Gasteiger charge is -2.18. The molecule has 0 N–H and O–H groups in total. The molecule has 0 aromatic rings. The van der Waals surface area contributed by atoms with Gasteiger partial charge in [-0.2, -0.15) is 0 Å². The van der Waals surface area contributed by atoms with Gasteiger partial charge in [0, 0.05) is 147 Å². The first kappa shape index (κ1) is 8.57. The van der Waals surface area contributed by atoms with Gasteiger partial charge >= 0.3 is 17.9 Å². The van der Waals surface area contributed by atoms with Crippen molar-refractivity contribution in [3.8, 4) is 0 Å². The zero-order valence-electron chi connectivity index (χ0n) is 130. The fraction of sp³-hybridized carbons (Fsp3) is 0.842. The van der Waals surface area contributed by atoms with Crippen LogP contribution in [0.4, 0.5) is 0 Å². The Hall–Kier alpha value is -2.37. The van der Waals surface area contributed by atoms with Gasteiger partial charge in [0.05, 0.1) is 8.22 Å². The minimum atomic E-state index is -5.74. The van der Waals surface area contributed by atoms with Crippen LogP contribution in [0.25, 0.3) is 0 Å². The van der Waals surface area contributed by atoms with Gasteiger partial charge in [-0.15, -0.1) is 0 Å². The summed E-state index contributed by atoms with van der Waals surface area (Å²) in [4.78, 5) is 42.9. The van der Waals surface area contributed by atoms with Crippen LogP contribution >= 0.6 is 0 Å². The fourth-order valence-electron chi connectivity index (χ4n) is 2.17. The zero-order valence-corrected chi connectivity index (χ0v) is 31.4. The van der Waals surface area contributed by atoms with E-state index in [0.29, 0.717) is 0 Å². The van der Waals surface area contributed by atoms with E-state index in [9.17, 15) is 14.4 Å². The van der Waals surface area contributed by atoms with Crippen LogP contribution in [0.2, 0.25) is 0 Å². The summed E-state index contributed by atoms with van der Waals surface area (Å²) >= 11 is 0. The van der Waals surface area contributed by atoms with Gasteiger partial charge < -0.3 is 14.2 Å². The molecular formula is C57H104O6. The minimum Gasteiger partial charge on any atom is -0.462 e. The molecule has 6 heteroatoms. The molecule has 0 aliphatic heterocycles. The molecule has 368 valence electrons. The molecule has 0 spiro atoms. The fourth-order valence-corrected chi connectivity index (χ4v) is 2.17. The van der Waals surface area contributed by atoms with Gasteiger partial charge in [-0.25, -0.2) is 0 Å². The summed E-state index contributed by atoms with van der Waals surface area (Å²) in [5, 5.41) is 0. The Labute approximate surface area is 530 Å². The Morgan fingerprint density at radius 2 is 0.603 bits per heavy atom. The molecule has 0 aromatic heterocycles. The molecule has 0 rings (SSSR count). The van der Waals surface area contributed by atoms with Gasteiger partial charge in [-0.3, -0.25) is 14.4 Å². The number of hydrogen-bond donors (Lipinski definition) is 0. The highest BCUT2D eigenvalue weighted by Gasteiger charge is 2.19. The summed E-state index contributed by atoms with van der Waals surface area (Å²) in [5.41, 5.74) is 0. The first-order chi connectivity index (χ1) is 68.5. The second-order valence-corrected chi connectivity index (χ2v) is 8.22. The van der Waals surface area contributed by atoms with Crippen molar-refractivity contribution < 1.29 is 164 Å². The van der Waals surface area contributed by atoms with Gasteiger partial charge in [0.15, 0.2) is 6.10 Å². The molecule has 63 heavy (non-hydrogen) atoms. The van der Waals surface area contributed by atoms with Gasteiger partial charge in [0.2, 0.25) is 0 Å². The first-order valence-corrected chi connectivity index (χ1v) is 15.6. The Bertz CT molecular complexity index is 5230. The average molecular weight is 985 g/mol. The smallest absolute Gasteiger partial charge is 0.306 e. The van der Waals surface area contributed by atoms with E-state index in [0.717, 1.165) is 0 Å². The standard InChI is InChI=1S/C57H104O6/c1-4-7-10-13-16-19-22-25-28-31-34-37-40-43-46-49-55(58)61-52-54(63-57(60)51-48-45-42-39-36-33-30-27-24-21-18-15-12-9-6-3)53-62-56(59)50-47-44-41-38-35-32-29-26-23-20-17-14-11-8-5-2/h25-30,54H,4-24,31-53H2,1-3H3/b28-25-,29-26-,30-27-/i1D3,2D3,3D3,4D2,5D2,6D2,7D2,8D2,9D2,10D2,11D2,12D2,13D2,14D2,15D2,16D2,17D2,18D2,19D2,20D2,21D2,22D2,23D2,24D2,25D,26D,27D,28D,29D,30D,31D2,32D2,33D2,34D2,35D2,36D2,37D2,38D2,39D2,40D2,41D2,42D2,43D2,44D2,45D2,46D2,47D2,48D2,49D2,50D2,51D2. The lowest BCUT2D eigenvalue weighted by atomic mass is 10.1. The Morgan fingerprint density at radius 3 is 0.889 bits per heavy atom. The van der Waals surface area contributed by atoms with E-state index in [-0.39, 0.29) is 0 Å². The molecule has 0 saturated heterocycles. The van der Waals surface area contributed by atoms with E-state index in [1.807, 2.05) is 0 Å². The highest BCUT2D eigenvalue weighted by atomic mass is 16.6. The van der Waals surface area contributed by atoms with Gasteiger partial charge in [0.25, 0.3) is 0 Å². The Kier molecular flexibility index (Phi) is 7.11. The molecule has 0 aliphatic rings. The molecule has 6 nitrogen and oxygen atoms in total. The maximum Gasteiger partial charge on any atom is 0.306 e. The van der Waals surface area contributed by atoms with Gasteiger partial charge in [-0.05, 0) is 95.6 Å². The number of esters is 3. The van der Waals surface area contributed by atoms with Crippen LogP contribution in [0.3, 0.4) is 0 Å². The van der Waals surface area contributed by atoms with Crippen molar-refractivity contribution in [3.63, 3.8) is 0 Å². The highest BCUT2D eigenvalue weighted by Crippen LogP contribution is 2.15. The van der Waals surface area contributed by atoms with E-state index < -0.39 is 362 Å². The van der Waals surface area contributed by atoms with Crippen LogP contribution in [0.1, 0.15) is 424 Å². The van der Waals surface area contributed by atoms with Crippen molar-refractivity contribution in [1.82, 2.24) is 0 Å². The lowest BCUT2D eigenvalue weighted by Crippen LogP contribution is -2.30. The molecular weight excluding hydrogens is 781 g/mol. The molecule has 0 bridgehead atoms. The molecule has 0 saturated carbocycles. The zero-order chi connectivity index (χ0) is 134. The molecule has 0 atom stereocenters. The van der Waals surface area contributed by atoms with E-state index in [4.69, 9.17) is 136 Å². The minimum absolute atomic E-state index is 2.80. The van der Waals surface area contributed by atoms with Crippen molar-refractivity contribution in [3.05, 3.63) is 36.3 Å². The number of rotatable bonds is 50. The highest BCUT2D eigenvalue weighted by molar-refractivity contribution is 5.71. The largest absolute Gasteiger partial charge is 0.462 e. The molecule has 0 aliphatic carbocycles. The number of carbonyl (C=O) groups excluding carboxylic acids is 3. The maximum atomic E-state index is 14.5. The second-order valence-electron chi connectivity index (χ2n) is 8.22. The summed E-state index contributed by atoms with van der Waals surface area (Å²) < 4.78 is 834.